The molecule has 0 radical (unpaired) electrons. The van der Waals surface area contributed by atoms with Gasteiger partial charge in [0.2, 0.25) is 5.91 Å². The van der Waals surface area contributed by atoms with Crippen LogP contribution in [0.5, 0.6) is 5.75 Å². The number of rotatable bonds is 12. The standard InChI is InChI=1S/C31H37BrN2O3/c1-22(2)19-33-31(36)29(18-24-8-6-5-7-9-24)34(20-25-10-14-27(32)15-11-25)30(35)21-37-28-16-12-26(13-17-28)23(3)4/h5-17,22-23,29H,18-21H2,1-4H3,(H,33,36)/t29-/m0/s1. The zero-order valence-corrected chi connectivity index (χ0v) is 23.7. The number of ether oxygens (including phenoxy) is 1. The van der Waals surface area contributed by atoms with Crippen molar-refractivity contribution < 1.29 is 14.3 Å². The summed E-state index contributed by atoms with van der Waals surface area (Å²) >= 11 is 3.47. The Morgan fingerprint density at radius 3 is 2.11 bits per heavy atom. The molecule has 6 heteroatoms. The van der Waals surface area contributed by atoms with E-state index in [0.29, 0.717) is 37.1 Å². The van der Waals surface area contributed by atoms with Crippen LogP contribution >= 0.6 is 15.9 Å². The zero-order valence-electron chi connectivity index (χ0n) is 22.1. The van der Waals surface area contributed by atoms with Gasteiger partial charge in [0.25, 0.3) is 5.91 Å². The molecule has 0 heterocycles. The van der Waals surface area contributed by atoms with E-state index >= 15 is 0 Å². The van der Waals surface area contributed by atoms with Gasteiger partial charge in [-0.2, -0.15) is 0 Å². The molecule has 0 saturated carbocycles. The second-order valence-corrected chi connectivity index (χ2v) is 10.9. The van der Waals surface area contributed by atoms with Gasteiger partial charge in [-0.15, -0.1) is 0 Å². The summed E-state index contributed by atoms with van der Waals surface area (Å²) in [5.74, 6) is 0.945. The monoisotopic (exact) mass is 564 g/mol. The Kier molecular flexibility index (Phi) is 10.8. The Balaban J connectivity index is 1.86. The van der Waals surface area contributed by atoms with E-state index in [4.69, 9.17) is 4.74 Å². The van der Waals surface area contributed by atoms with Gasteiger partial charge in [-0.25, -0.2) is 0 Å². The molecule has 0 fully saturated rings. The number of carbonyl (C=O) groups excluding carboxylic acids is 2. The molecule has 1 atom stereocenters. The number of nitrogens with zero attached hydrogens (tertiary/aromatic N) is 1. The Morgan fingerprint density at radius 2 is 1.51 bits per heavy atom. The molecule has 196 valence electrons. The molecule has 5 nitrogen and oxygen atoms in total. The fraction of sp³-hybridized carbons (Fsp3) is 0.355. The van der Waals surface area contributed by atoms with Crippen LogP contribution in [0.2, 0.25) is 0 Å². The third kappa shape index (κ3) is 9.04. The molecule has 0 saturated heterocycles. The average Bonchev–Trinajstić information content (AvgIpc) is 2.89. The number of nitrogens with one attached hydrogen (secondary N) is 1. The van der Waals surface area contributed by atoms with E-state index in [9.17, 15) is 9.59 Å². The van der Waals surface area contributed by atoms with E-state index in [0.717, 1.165) is 15.6 Å². The Morgan fingerprint density at radius 1 is 0.865 bits per heavy atom. The van der Waals surface area contributed by atoms with E-state index in [1.807, 2.05) is 78.9 Å². The first-order valence-corrected chi connectivity index (χ1v) is 13.6. The predicted molar refractivity (Wildman–Crippen MR) is 152 cm³/mol. The van der Waals surface area contributed by atoms with Gasteiger partial charge in [0, 0.05) is 24.0 Å². The molecule has 0 aliphatic rings. The fourth-order valence-electron chi connectivity index (χ4n) is 3.94. The quantitative estimate of drug-likeness (QED) is 0.278. The summed E-state index contributed by atoms with van der Waals surface area (Å²) in [6.45, 7) is 9.07. The summed E-state index contributed by atoms with van der Waals surface area (Å²) in [5, 5.41) is 3.04. The molecule has 0 aliphatic heterocycles. The summed E-state index contributed by atoms with van der Waals surface area (Å²) in [6, 6.07) is 24.7. The lowest BCUT2D eigenvalue weighted by Gasteiger charge is -2.31. The van der Waals surface area contributed by atoms with Gasteiger partial charge in [0.05, 0.1) is 0 Å². The molecule has 0 aromatic heterocycles. The van der Waals surface area contributed by atoms with Crippen molar-refractivity contribution in [2.24, 2.45) is 5.92 Å². The van der Waals surface area contributed by atoms with Gasteiger partial charge in [0.15, 0.2) is 6.61 Å². The molecule has 37 heavy (non-hydrogen) atoms. The van der Waals surface area contributed by atoms with Crippen LogP contribution in [0.25, 0.3) is 0 Å². The van der Waals surface area contributed by atoms with E-state index in [1.54, 1.807) is 4.90 Å². The van der Waals surface area contributed by atoms with E-state index in [-0.39, 0.29) is 18.4 Å². The number of hydrogen-bond acceptors (Lipinski definition) is 3. The average molecular weight is 566 g/mol. The highest BCUT2D eigenvalue weighted by Crippen LogP contribution is 2.20. The zero-order chi connectivity index (χ0) is 26.8. The van der Waals surface area contributed by atoms with Crippen LogP contribution in [0, 0.1) is 5.92 Å². The largest absolute Gasteiger partial charge is 0.484 e. The van der Waals surface area contributed by atoms with Gasteiger partial charge in [-0.1, -0.05) is 98.2 Å². The number of amides is 2. The Hall–Kier alpha value is -3.12. The van der Waals surface area contributed by atoms with Gasteiger partial charge in [0.1, 0.15) is 11.8 Å². The van der Waals surface area contributed by atoms with E-state index in [1.165, 1.54) is 5.56 Å². The molecule has 0 bridgehead atoms. The normalized spacial score (nSPS) is 11.9. The minimum atomic E-state index is -0.677. The van der Waals surface area contributed by atoms with Crippen molar-refractivity contribution in [1.82, 2.24) is 10.2 Å². The van der Waals surface area contributed by atoms with Crippen molar-refractivity contribution in [1.29, 1.82) is 0 Å². The molecule has 3 aromatic rings. The van der Waals surface area contributed by atoms with Crippen molar-refractivity contribution in [3.8, 4) is 5.75 Å². The van der Waals surface area contributed by atoms with Gasteiger partial charge in [-0.05, 0) is 52.8 Å². The summed E-state index contributed by atoms with van der Waals surface area (Å²) in [6.07, 6.45) is 0.413. The van der Waals surface area contributed by atoms with Gasteiger partial charge >= 0.3 is 0 Å². The smallest absolute Gasteiger partial charge is 0.261 e. The lowest BCUT2D eigenvalue weighted by Crippen LogP contribution is -2.52. The van der Waals surface area contributed by atoms with Crippen LogP contribution in [0.15, 0.2) is 83.3 Å². The first-order chi connectivity index (χ1) is 17.7. The molecular weight excluding hydrogens is 528 g/mol. The molecule has 0 spiro atoms. The lowest BCUT2D eigenvalue weighted by molar-refractivity contribution is -0.142. The third-order valence-corrected chi connectivity index (χ3v) is 6.66. The van der Waals surface area contributed by atoms with Crippen LogP contribution in [-0.4, -0.2) is 35.9 Å². The predicted octanol–water partition coefficient (Wildman–Crippen LogP) is 6.36. The summed E-state index contributed by atoms with van der Waals surface area (Å²) in [5.41, 5.74) is 3.14. The molecule has 3 rings (SSSR count). The van der Waals surface area contributed by atoms with Crippen LogP contribution in [-0.2, 0) is 22.6 Å². The van der Waals surface area contributed by atoms with E-state index < -0.39 is 6.04 Å². The minimum absolute atomic E-state index is 0.152. The first-order valence-electron chi connectivity index (χ1n) is 12.8. The number of benzene rings is 3. The fourth-order valence-corrected chi connectivity index (χ4v) is 4.20. The highest BCUT2D eigenvalue weighted by molar-refractivity contribution is 9.10. The molecule has 2 amide bonds. The summed E-state index contributed by atoms with van der Waals surface area (Å²) in [7, 11) is 0. The van der Waals surface area contributed by atoms with Crippen molar-refractivity contribution in [3.05, 3.63) is 100 Å². The van der Waals surface area contributed by atoms with Gasteiger partial charge < -0.3 is 15.0 Å². The molecule has 0 aliphatic carbocycles. The number of hydrogen-bond donors (Lipinski definition) is 1. The second-order valence-electron chi connectivity index (χ2n) is 10.0. The molecular formula is C31H37BrN2O3. The van der Waals surface area contributed by atoms with E-state index in [2.05, 4.69) is 48.9 Å². The van der Waals surface area contributed by atoms with Gasteiger partial charge in [-0.3, -0.25) is 9.59 Å². The molecule has 3 aromatic carbocycles. The maximum Gasteiger partial charge on any atom is 0.261 e. The SMILES string of the molecule is CC(C)CNC(=O)[C@H](Cc1ccccc1)N(Cc1ccc(Br)cc1)C(=O)COc1ccc(C(C)C)cc1. The van der Waals surface area contributed by atoms with Crippen LogP contribution in [0.4, 0.5) is 0 Å². The van der Waals surface area contributed by atoms with Crippen molar-refractivity contribution in [3.63, 3.8) is 0 Å². The Labute approximate surface area is 229 Å². The van der Waals surface area contributed by atoms with Crippen molar-refractivity contribution in [2.75, 3.05) is 13.2 Å². The Bertz CT molecular complexity index is 1130. The van der Waals surface area contributed by atoms with Crippen LogP contribution in [0.1, 0.15) is 50.3 Å². The minimum Gasteiger partial charge on any atom is -0.484 e. The third-order valence-electron chi connectivity index (χ3n) is 6.13. The summed E-state index contributed by atoms with van der Waals surface area (Å²) < 4.78 is 6.84. The first kappa shape index (κ1) is 28.5. The summed E-state index contributed by atoms with van der Waals surface area (Å²) in [4.78, 5) is 28.8. The second kappa shape index (κ2) is 14.0. The lowest BCUT2D eigenvalue weighted by atomic mass is 10.0. The van der Waals surface area contributed by atoms with Crippen LogP contribution < -0.4 is 10.1 Å². The highest BCUT2D eigenvalue weighted by Gasteiger charge is 2.30. The maximum atomic E-state index is 13.6. The highest BCUT2D eigenvalue weighted by atomic mass is 79.9. The number of carbonyl (C=O) groups is 2. The van der Waals surface area contributed by atoms with Crippen LogP contribution in [0.3, 0.4) is 0 Å². The van der Waals surface area contributed by atoms with Crippen molar-refractivity contribution in [2.45, 2.75) is 52.6 Å². The topological polar surface area (TPSA) is 58.6 Å². The van der Waals surface area contributed by atoms with Crippen molar-refractivity contribution >= 4 is 27.7 Å². The number of halogens is 1. The molecule has 0 unspecified atom stereocenters. The maximum absolute atomic E-state index is 13.6. The molecule has 1 N–H and O–H groups in total.